The molecule has 0 radical (unpaired) electrons. The van der Waals surface area contributed by atoms with Crippen LogP contribution in [-0.2, 0) is 0 Å². The molecule has 2 nitrogen and oxygen atoms in total. The van der Waals surface area contributed by atoms with Gasteiger partial charge >= 0.3 is 0 Å². The molecule has 1 aliphatic heterocycles. The van der Waals surface area contributed by atoms with E-state index in [-0.39, 0.29) is 0 Å². The predicted octanol–water partition coefficient (Wildman–Crippen LogP) is 2.89. The lowest BCUT2D eigenvalue weighted by Gasteiger charge is -2.27. The normalized spacial score (nSPS) is 36.0. The molecule has 0 aromatic carbocycles. The quantitative estimate of drug-likeness (QED) is 0.758. The lowest BCUT2D eigenvalue weighted by atomic mass is 9.97. The van der Waals surface area contributed by atoms with Gasteiger partial charge in [-0.3, -0.25) is 0 Å². The minimum absolute atomic E-state index is 0.908. The van der Waals surface area contributed by atoms with Gasteiger partial charge < -0.3 is 10.2 Å². The van der Waals surface area contributed by atoms with Crippen LogP contribution in [0.25, 0.3) is 0 Å². The molecule has 2 aliphatic rings. The lowest BCUT2D eigenvalue weighted by molar-refractivity contribution is 0.211. The first-order valence-electron chi connectivity index (χ1n) is 7.72. The summed E-state index contributed by atoms with van der Waals surface area (Å²) < 4.78 is 0. The maximum absolute atomic E-state index is 3.33. The zero-order valence-corrected chi connectivity index (χ0v) is 11.8. The van der Waals surface area contributed by atoms with Crippen molar-refractivity contribution in [3.63, 3.8) is 0 Å². The highest BCUT2D eigenvalue weighted by Crippen LogP contribution is 2.30. The Balaban J connectivity index is 1.78. The van der Waals surface area contributed by atoms with Gasteiger partial charge in [-0.15, -0.1) is 0 Å². The summed E-state index contributed by atoms with van der Waals surface area (Å²) in [5.74, 6) is 1.93. The third kappa shape index (κ3) is 3.69. The molecular formula is C15H30N2. The van der Waals surface area contributed by atoms with E-state index < -0.39 is 0 Å². The second-order valence-corrected chi connectivity index (χ2v) is 6.14. The summed E-state index contributed by atoms with van der Waals surface area (Å²) in [5.41, 5.74) is 0. The molecule has 1 N–H and O–H groups in total. The summed E-state index contributed by atoms with van der Waals surface area (Å²) in [5, 5.41) is 3.33. The smallest absolute Gasteiger partial charge is 0.00954 e. The third-order valence-corrected chi connectivity index (χ3v) is 4.96. The molecule has 2 fully saturated rings. The van der Waals surface area contributed by atoms with Gasteiger partial charge in [0.05, 0.1) is 0 Å². The SMILES string of the molecule is CCC1CCCC(N2CCC(CNC)C2)CC1. The first-order valence-corrected chi connectivity index (χ1v) is 7.72. The highest BCUT2D eigenvalue weighted by molar-refractivity contribution is 4.84. The van der Waals surface area contributed by atoms with Crippen molar-refractivity contribution in [1.29, 1.82) is 0 Å². The molecule has 0 spiro atoms. The van der Waals surface area contributed by atoms with Crippen LogP contribution in [0.5, 0.6) is 0 Å². The van der Waals surface area contributed by atoms with Gasteiger partial charge in [-0.1, -0.05) is 26.2 Å². The Hall–Kier alpha value is -0.0800. The van der Waals surface area contributed by atoms with Gasteiger partial charge in [-0.05, 0) is 57.7 Å². The first kappa shape index (κ1) is 13.4. The Kier molecular flexibility index (Phi) is 5.30. The fourth-order valence-corrected chi connectivity index (χ4v) is 3.78. The van der Waals surface area contributed by atoms with E-state index in [9.17, 15) is 0 Å². The van der Waals surface area contributed by atoms with Crippen LogP contribution in [0.3, 0.4) is 0 Å². The molecule has 0 bridgehead atoms. The third-order valence-electron chi connectivity index (χ3n) is 4.96. The lowest BCUT2D eigenvalue weighted by Crippen LogP contribution is -2.34. The van der Waals surface area contributed by atoms with Crippen LogP contribution in [0.15, 0.2) is 0 Å². The van der Waals surface area contributed by atoms with Crippen molar-refractivity contribution in [2.24, 2.45) is 11.8 Å². The number of rotatable bonds is 4. The van der Waals surface area contributed by atoms with Crippen LogP contribution in [0.1, 0.15) is 51.9 Å². The van der Waals surface area contributed by atoms with Crippen LogP contribution in [-0.4, -0.2) is 37.6 Å². The van der Waals surface area contributed by atoms with Gasteiger partial charge in [0.2, 0.25) is 0 Å². The molecule has 3 atom stereocenters. The van der Waals surface area contributed by atoms with Gasteiger partial charge in [-0.25, -0.2) is 0 Å². The molecule has 1 saturated heterocycles. The Morgan fingerprint density at radius 3 is 2.71 bits per heavy atom. The maximum atomic E-state index is 3.33. The molecule has 100 valence electrons. The molecule has 0 amide bonds. The minimum atomic E-state index is 0.908. The summed E-state index contributed by atoms with van der Waals surface area (Å²) in [6, 6.07) is 0.911. The average molecular weight is 238 g/mol. The standard InChI is InChI=1S/C15H30N2/c1-3-13-5-4-6-15(8-7-13)17-10-9-14(12-17)11-16-2/h13-16H,3-12H2,1-2H3. The monoisotopic (exact) mass is 238 g/mol. The zero-order valence-electron chi connectivity index (χ0n) is 11.8. The van der Waals surface area contributed by atoms with E-state index in [1.54, 1.807) is 0 Å². The van der Waals surface area contributed by atoms with E-state index in [0.29, 0.717) is 0 Å². The van der Waals surface area contributed by atoms with Crippen molar-refractivity contribution in [2.45, 2.75) is 57.9 Å². The first-order chi connectivity index (χ1) is 8.33. The Bertz CT molecular complexity index is 217. The molecular weight excluding hydrogens is 208 g/mol. The highest BCUT2D eigenvalue weighted by Gasteiger charge is 2.29. The molecule has 0 aromatic rings. The van der Waals surface area contributed by atoms with Crippen LogP contribution in [0.4, 0.5) is 0 Å². The summed E-state index contributed by atoms with van der Waals surface area (Å²) in [7, 11) is 2.08. The topological polar surface area (TPSA) is 15.3 Å². The molecule has 2 heteroatoms. The Labute approximate surface area is 107 Å². The van der Waals surface area contributed by atoms with E-state index in [0.717, 1.165) is 17.9 Å². The van der Waals surface area contributed by atoms with Crippen molar-refractivity contribution < 1.29 is 0 Å². The average Bonchev–Trinajstić information content (AvgIpc) is 2.67. The fraction of sp³-hybridized carbons (Fsp3) is 1.00. The van der Waals surface area contributed by atoms with Gasteiger partial charge in [0.15, 0.2) is 0 Å². The van der Waals surface area contributed by atoms with E-state index in [4.69, 9.17) is 0 Å². The molecule has 2 rings (SSSR count). The number of likely N-dealkylation sites (tertiary alicyclic amines) is 1. The summed E-state index contributed by atoms with van der Waals surface area (Å²) >= 11 is 0. The van der Waals surface area contributed by atoms with Crippen molar-refractivity contribution in [1.82, 2.24) is 10.2 Å². The van der Waals surface area contributed by atoms with Crippen molar-refractivity contribution in [3.05, 3.63) is 0 Å². The van der Waals surface area contributed by atoms with Gasteiger partial charge in [0.25, 0.3) is 0 Å². The van der Waals surface area contributed by atoms with Crippen molar-refractivity contribution >= 4 is 0 Å². The van der Waals surface area contributed by atoms with E-state index in [1.165, 1.54) is 64.6 Å². The molecule has 3 unspecified atom stereocenters. The second-order valence-electron chi connectivity index (χ2n) is 6.14. The van der Waals surface area contributed by atoms with Gasteiger partial charge in [0, 0.05) is 12.6 Å². The van der Waals surface area contributed by atoms with E-state index in [2.05, 4.69) is 24.2 Å². The summed E-state index contributed by atoms with van der Waals surface area (Å²) in [6.45, 7) is 6.28. The Morgan fingerprint density at radius 2 is 1.94 bits per heavy atom. The van der Waals surface area contributed by atoms with Crippen LogP contribution in [0, 0.1) is 11.8 Å². The number of hydrogen-bond acceptors (Lipinski definition) is 2. The van der Waals surface area contributed by atoms with Crippen LogP contribution in [0.2, 0.25) is 0 Å². The van der Waals surface area contributed by atoms with E-state index >= 15 is 0 Å². The second kappa shape index (κ2) is 6.75. The molecule has 1 aliphatic carbocycles. The Morgan fingerprint density at radius 1 is 1.06 bits per heavy atom. The zero-order chi connectivity index (χ0) is 12.1. The summed E-state index contributed by atoms with van der Waals surface area (Å²) in [6.07, 6.45) is 10.2. The largest absolute Gasteiger partial charge is 0.319 e. The van der Waals surface area contributed by atoms with Crippen LogP contribution < -0.4 is 5.32 Å². The van der Waals surface area contributed by atoms with E-state index in [1.807, 2.05) is 0 Å². The highest BCUT2D eigenvalue weighted by atomic mass is 15.2. The number of nitrogens with zero attached hydrogens (tertiary/aromatic N) is 1. The van der Waals surface area contributed by atoms with Gasteiger partial charge in [0.1, 0.15) is 0 Å². The molecule has 0 aromatic heterocycles. The number of nitrogens with one attached hydrogen (secondary N) is 1. The minimum Gasteiger partial charge on any atom is -0.319 e. The van der Waals surface area contributed by atoms with Gasteiger partial charge in [-0.2, -0.15) is 0 Å². The number of hydrogen-bond donors (Lipinski definition) is 1. The van der Waals surface area contributed by atoms with Crippen molar-refractivity contribution in [3.8, 4) is 0 Å². The summed E-state index contributed by atoms with van der Waals surface area (Å²) in [4.78, 5) is 2.79. The fourth-order valence-electron chi connectivity index (χ4n) is 3.78. The predicted molar refractivity (Wildman–Crippen MR) is 74.3 cm³/mol. The molecule has 1 saturated carbocycles. The molecule has 17 heavy (non-hydrogen) atoms. The maximum Gasteiger partial charge on any atom is 0.00954 e. The molecule has 1 heterocycles. The van der Waals surface area contributed by atoms with Crippen LogP contribution >= 0.6 is 0 Å². The van der Waals surface area contributed by atoms with Crippen molar-refractivity contribution in [2.75, 3.05) is 26.7 Å².